The van der Waals surface area contributed by atoms with Crippen LogP contribution in [0.25, 0.3) is 0 Å². The van der Waals surface area contributed by atoms with Crippen LogP contribution in [0, 0.1) is 0 Å². The lowest BCUT2D eigenvalue weighted by atomic mass is 10.3. The molecular formula is C17H21O3PS2. The van der Waals surface area contributed by atoms with Gasteiger partial charge in [-0.15, -0.1) is 0 Å². The van der Waals surface area contributed by atoms with Crippen LogP contribution in [0.4, 0.5) is 0 Å². The molecule has 0 bridgehead atoms. The van der Waals surface area contributed by atoms with Crippen LogP contribution in [0.3, 0.4) is 0 Å². The first-order valence-electron chi connectivity index (χ1n) is 7.57. The van der Waals surface area contributed by atoms with Gasteiger partial charge < -0.3 is 4.52 Å². The second-order valence-corrected chi connectivity index (χ2v) is 9.94. The normalized spacial score (nSPS) is 13.5. The lowest BCUT2D eigenvalue weighted by Crippen LogP contribution is -1.96. The third-order valence-electron chi connectivity index (χ3n) is 2.76. The zero-order chi connectivity index (χ0) is 16.5. The SMILES string of the molecule is CCCSP(=O)(OCC)Oc1ccc(Sc2ccccc2)cc1. The summed E-state index contributed by atoms with van der Waals surface area (Å²) in [6.45, 7) is 1.10. The predicted octanol–water partition coefficient (Wildman–Crippen LogP) is 6.50. The Balaban J connectivity index is 2.02. The zero-order valence-corrected chi connectivity index (χ0v) is 15.8. The van der Waals surface area contributed by atoms with E-state index in [0.717, 1.165) is 17.1 Å². The average Bonchev–Trinajstić information content (AvgIpc) is 2.56. The van der Waals surface area contributed by atoms with Gasteiger partial charge in [-0.25, -0.2) is 4.57 Å². The molecule has 0 amide bonds. The highest BCUT2D eigenvalue weighted by Gasteiger charge is 2.26. The first-order chi connectivity index (χ1) is 11.1. The van der Waals surface area contributed by atoms with Crippen LogP contribution in [0.1, 0.15) is 20.3 Å². The molecule has 0 radical (unpaired) electrons. The standard InChI is InChI=1S/C17H21O3PS2/c1-3-14-22-21(18,19-4-2)20-15-10-12-17(13-11-15)23-16-8-6-5-7-9-16/h5-13H,3-4,14H2,1-2H3. The third-order valence-corrected chi connectivity index (χ3v) is 7.73. The molecule has 1 unspecified atom stereocenters. The highest BCUT2D eigenvalue weighted by atomic mass is 32.7. The summed E-state index contributed by atoms with van der Waals surface area (Å²) in [5.74, 6) is 1.32. The summed E-state index contributed by atoms with van der Waals surface area (Å²) in [6, 6.07) is 17.8. The first-order valence-corrected chi connectivity index (χ1v) is 11.5. The molecule has 2 aromatic rings. The molecule has 1 atom stereocenters. The smallest absolute Gasteiger partial charge is 0.417 e. The van der Waals surface area contributed by atoms with E-state index in [4.69, 9.17) is 9.05 Å². The van der Waals surface area contributed by atoms with Crippen LogP contribution >= 0.6 is 29.9 Å². The summed E-state index contributed by atoms with van der Waals surface area (Å²) in [6.07, 6.45) is 0.928. The fourth-order valence-corrected chi connectivity index (χ4v) is 6.07. The van der Waals surface area contributed by atoms with Gasteiger partial charge in [0.05, 0.1) is 6.61 Å². The van der Waals surface area contributed by atoms with Gasteiger partial charge >= 0.3 is 6.80 Å². The minimum atomic E-state index is -3.13. The van der Waals surface area contributed by atoms with Crippen molar-refractivity contribution in [1.82, 2.24) is 0 Å². The summed E-state index contributed by atoms with van der Waals surface area (Å²) < 4.78 is 23.6. The van der Waals surface area contributed by atoms with Gasteiger partial charge in [-0.1, -0.05) is 36.9 Å². The van der Waals surface area contributed by atoms with E-state index in [2.05, 4.69) is 12.1 Å². The van der Waals surface area contributed by atoms with Gasteiger partial charge in [0.2, 0.25) is 0 Å². The second-order valence-electron chi connectivity index (χ2n) is 4.68. The van der Waals surface area contributed by atoms with E-state index in [0.29, 0.717) is 12.4 Å². The van der Waals surface area contributed by atoms with E-state index in [1.165, 1.54) is 16.3 Å². The largest absolute Gasteiger partial charge is 0.440 e. The minimum absolute atomic E-state index is 0.371. The van der Waals surface area contributed by atoms with Crippen LogP contribution in [0.5, 0.6) is 5.75 Å². The molecule has 0 fully saturated rings. The molecule has 2 aromatic carbocycles. The Hall–Kier alpha value is -0.870. The quantitative estimate of drug-likeness (QED) is 0.472. The van der Waals surface area contributed by atoms with E-state index >= 15 is 0 Å². The van der Waals surface area contributed by atoms with E-state index in [1.54, 1.807) is 11.8 Å². The molecule has 3 nitrogen and oxygen atoms in total. The van der Waals surface area contributed by atoms with Crippen LogP contribution in [-0.2, 0) is 9.09 Å². The van der Waals surface area contributed by atoms with Crippen LogP contribution in [0.2, 0.25) is 0 Å². The molecule has 0 aliphatic heterocycles. The lowest BCUT2D eigenvalue weighted by molar-refractivity contribution is 0.296. The summed E-state index contributed by atoms with van der Waals surface area (Å²) in [5.41, 5.74) is 0. The monoisotopic (exact) mass is 368 g/mol. The molecule has 0 heterocycles. The van der Waals surface area contributed by atoms with E-state index < -0.39 is 6.80 Å². The Labute approximate surface area is 146 Å². The number of benzene rings is 2. The summed E-state index contributed by atoms with van der Waals surface area (Å²) in [4.78, 5) is 2.29. The minimum Gasteiger partial charge on any atom is -0.417 e. The molecule has 23 heavy (non-hydrogen) atoms. The Bertz CT molecular complexity index is 632. The van der Waals surface area contributed by atoms with Crippen molar-refractivity contribution >= 4 is 29.9 Å². The highest BCUT2D eigenvalue weighted by molar-refractivity contribution is 8.55. The Kier molecular flexibility index (Phi) is 7.57. The van der Waals surface area contributed by atoms with E-state index in [-0.39, 0.29) is 0 Å². The fourth-order valence-electron chi connectivity index (χ4n) is 1.77. The van der Waals surface area contributed by atoms with E-state index in [9.17, 15) is 4.57 Å². The molecule has 0 saturated carbocycles. The molecule has 124 valence electrons. The second kappa shape index (κ2) is 9.43. The number of hydrogen-bond acceptors (Lipinski definition) is 5. The number of rotatable bonds is 9. The lowest BCUT2D eigenvalue weighted by Gasteiger charge is -2.17. The van der Waals surface area contributed by atoms with Crippen molar-refractivity contribution in [3.63, 3.8) is 0 Å². The molecule has 6 heteroatoms. The Morgan fingerprint density at radius 2 is 1.61 bits per heavy atom. The maximum absolute atomic E-state index is 12.6. The molecule has 2 rings (SSSR count). The summed E-state index contributed by atoms with van der Waals surface area (Å²) in [7, 11) is 0. The molecule has 0 aliphatic carbocycles. The third kappa shape index (κ3) is 6.27. The first kappa shape index (κ1) is 18.5. The topological polar surface area (TPSA) is 35.5 Å². The van der Waals surface area contributed by atoms with Gasteiger partial charge in [0.15, 0.2) is 0 Å². The molecule has 0 aromatic heterocycles. The molecular weight excluding hydrogens is 347 g/mol. The van der Waals surface area contributed by atoms with Gasteiger partial charge in [0.25, 0.3) is 0 Å². The zero-order valence-electron chi connectivity index (χ0n) is 13.3. The Morgan fingerprint density at radius 3 is 2.22 bits per heavy atom. The van der Waals surface area contributed by atoms with Gasteiger partial charge in [0, 0.05) is 15.5 Å². The van der Waals surface area contributed by atoms with Crippen molar-refractivity contribution in [3.8, 4) is 5.75 Å². The van der Waals surface area contributed by atoms with Crippen molar-refractivity contribution < 1.29 is 13.6 Å². The molecule has 0 N–H and O–H groups in total. The Morgan fingerprint density at radius 1 is 0.957 bits per heavy atom. The van der Waals surface area contributed by atoms with Crippen molar-refractivity contribution in [1.29, 1.82) is 0 Å². The van der Waals surface area contributed by atoms with Crippen LogP contribution < -0.4 is 4.52 Å². The molecule has 0 spiro atoms. The number of hydrogen-bond donors (Lipinski definition) is 0. The van der Waals surface area contributed by atoms with Crippen molar-refractivity contribution in [2.24, 2.45) is 0 Å². The average molecular weight is 368 g/mol. The fraction of sp³-hybridized carbons (Fsp3) is 0.294. The summed E-state index contributed by atoms with van der Waals surface area (Å²) in [5, 5.41) is 0. The van der Waals surface area contributed by atoms with Crippen molar-refractivity contribution in [3.05, 3.63) is 54.6 Å². The van der Waals surface area contributed by atoms with Gasteiger partial charge in [0.1, 0.15) is 5.75 Å². The maximum Gasteiger partial charge on any atom is 0.440 e. The van der Waals surface area contributed by atoms with E-state index in [1.807, 2.05) is 56.3 Å². The molecule has 0 aliphatic rings. The van der Waals surface area contributed by atoms with Crippen LogP contribution in [0.15, 0.2) is 64.4 Å². The maximum atomic E-state index is 12.6. The van der Waals surface area contributed by atoms with Gasteiger partial charge in [-0.05, 0) is 61.1 Å². The van der Waals surface area contributed by atoms with Gasteiger partial charge in [-0.2, -0.15) is 0 Å². The van der Waals surface area contributed by atoms with Crippen LogP contribution in [-0.4, -0.2) is 12.4 Å². The van der Waals surface area contributed by atoms with Crippen molar-refractivity contribution in [2.45, 2.75) is 30.1 Å². The highest BCUT2D eigenvalue weighted by Crippen LogP contribution is 2.60. The van der Waals surface area contributed by atoms with Gasteiger partial charge in [-0.3, -0.25) is 4.52 Å². The summed E-state index contributed by atoms with van der Waals surface area (Å²) >= 11 is 2.93. The predicted molar refractivity (Wildman–Crippen MR) is 99.6 cm³/mol. The van der Waals surface area contributed by atoms with Crippen molar-refractivity contribution in [2.75, 3.05) is 12.4 Å². The molecule has 0 saturated heterocycles.